The standard InChI is InChI=1S/C19H25N3O.HI/c1-3-20-19(22-15-16-9-5-4-6-10-16)21-14-13-17-11-7-8-12-18(17)23-2;/h4-12H,3,13-15H2,1-2H3,(H2,20,21,22);1H. The Morgan fingerprint density at radius 3 is 2.42 bits per heavy atom. The molecule has 0 heterocycles. The molecule has 0 bridgehead atoms. The van der Waals surface area contributed by atoms with E-state index in [4.69, 9.17) is 4.74 Å². The molecule has 0 aliphatic heterocycles. The quantitative estimate of drug-likeness (QED) is 0.394. The smallest absolute Gasteiger partial charge is 0.191 e. The molecule has 2 rings (SSSR count). The van der Waals surface area contributed by atoms with E-state index in [1.807, 2.05) is 36.4 Å². The van der Waals surface area contributed by atoms with Gasteiger partial charge in [-0.1, -0.05) is 48.5 Å². The van der Waals surface area contributed by atoms with Gasteiger partial charge < -0.3 is 15.4 Å². The lowest BCUT2D eigenvalue weighted by Crippen LogP contribution is -2.38. The molecule has 0 amide bonds. The minimum absolute atomic E-state index is 0. The zero-order valence-corrected chi connectivity index (χ0v) is 16.6. The zero-order valence-electron chi connectivity index (χ0n) is 14.3. The summed E-state index contributed by atoms with van der Waals surface area (Å²) in [6.07, 6.45) is 0.889. The maximum Gasteiger partial charge on any atom is 0.191 e. The molecule has 0 atom stereocenters. The Labute approximate surface area is 161 Å². The largest absolute Gasteiger partial charge is 0.496 e. The number of nitrogens with one attached hydrogen (secondary N) is 2. The molecule has 2 N–H and O–H groups in total. The van der Waals surface area contributed by atoms with Crippen LogP contribution in [0.1, 0.15) is 18.1 Å². The molecule has 24 heavy (non-hydrogen) atoms. The van der Waals surface area contributed by atoms with E-state index in [2.05, 4.69) is 40.7 Å². The molecule has 0 spiro atoms. The van der Waals surface area contributed by atoms with Crippen molar-refractivity contribution in [1.82, 2.24) is 10.6 Å². The number of guanidine groups is 1. The molecule has 130 valence electrons. The van der Waals surface area contributed by atoms with E-state index >= 15 is 0 Å². The fourth-order valence-electron chi connectivity index (χ4n) is 2.32. The Bertz CT molecular complexity index is 617. The van der Waals surface area contributed by atoms with Gasteiger partial charge in [-0.15, -0.1) is 24.0 Å². The number of aliphatic imine (C=N–C) groups is 1. The highest BCUT2D eigenvalue weighted by Gasteiger charge is 2.02. The van der Waals surface area contributed by atoms with Crippen LogP contribution in [0, 0.1) is 0 Å². The van der Waals surface area contributed by atoms with Crippen LogP contribution in [0.2, 0.25) is 0 Å². The molecule has 2 aromatic rings. The second-order valence-electron chi connectivity index (χ2n) is 5.17. The average molecular weight is 439 g/mol. The van der Waals surface area contributed by atoms with Gasteiger partial charge in [-0.05, 0) is 30.5 Å². The first-order valence-corrected chi connectivity index (χ1v) is 8.01. The summed E-state index contributed by atoms with van der Waals surface area (Å²) in [7, 11) is 1.71. The Kier molecular flexibility index (Phi) is 9.91. The first-order chi connectivity index (χ1) is 11.3. The van der Waals surface area contributed by atoms with Gasteiger partial charge in [0.15, 0.2) is 5.96 Å². The molecule has 5 heteroatoms. The predicted molar refractivity (Wildman–Crippen MR) is 111 cm³/mol. The molecule has 0 radical (unpaired) electrons. The third kappa shape index (κ3) is 6.78. The summed E-state index contributed by atoms with van der Waals surface area (Å²) in [5, 5.41) is 6.65. The number of ether oxygens (including phenoxy) is 1. The number of nitrogens with zero attached hydrogens (tertiary/aromatic N) is 1. The van der Waals surface area contributed by atoms with E-state index < -0.39 is 0 Å². The van der Waals surface area contributed by atoms with Gasteiger partial charge in [-0.3, -0.25) is 0 Å². The average Bonchev–Trinajstić information content (AvgIpc) is 2.61. The van der Waals surface area contributed by atoms with E-state index in [9.17, 15) is 0 Å². The lowest BCUT2D eigenvalue weighted by molar-refractivity contribution is 0.409. The molecule has 0 unspecified atom stereocenters. The number of halogens is 1. The van der Waals surface area contributed by atoms with Crippen LogP contribution < -0.4 is 15.4 Å². The second kappa shape index (κ2) is 11.7. The summed E-state index contributed by atoms with van der Waals surface area (Å²) in [5.74, 6) is 1.77. The van der Waals surface area contributed by atoms with Crippen LogP contribution in [0.3, 0.4) is 0 Å². The van der Waals surface area contributed by atoms with E-state index in [-0.39, 0.29) is 24.0 Å². The van der Waals surface area contributed by atoms with Crippen LogP contribution in [0.15, 0.2) is 59.6 Å². The summed E-state index contributed by atoms with van der Waals surface area (Å²) >= 11 is 0. The molecule has 2 aromatic carbocycles. The summed E-state index contributed by atoms with van der Waals surface area (Å²) < 4.78 is 5.38. The number of para-hydroxylation sites is 1. The van der Waals surface area contributed by atoms with E-state index in [1.54, 1.807) is 7.11 Å². The molecule has 0 aliphatic rings. The number of rotatable bonds is 7. The van der Waals surface area contributed by atoms with Crippen molar-refractivity contribution < 1.29 is 4.74 Å². The molecule has 0 saturated carbocycles. The molecule has 0 aromatic heterocycles. The van der Waals surface area contributed by atoms with Crippen LogP contribution in [0.4, 0.5) is 0 Å². The lowest BCUT2D eigenvalue weighted by atomic mass is 10.1. The van der Waals surface area contributed by atoms with Crippen molar-refractivity contribution in [3.05, 3.63) is 65.7 Å². The van der Waals surface area contributed by atoms with Crippen LogP contribution in [0.25, 0.3) is 0 Å². The normalized spacial score (nSPS) is 10.7. The van der Waals surface area contributed by atoms with Gasteiger partial charge in [0.2, 0.25) is 0 Å². The summed E-state index contributed by atoms with van der Waals surface area (Å²) in [4.78, 5) is 4.62. The van der Waals surface area contributed by atoms with Gasteiger partial charge in [-0.2, -0.15) is 0 Å². The van der Waals surface area contributed by atoms with Crippen LogP contribution in [-0.4, -0.2) is 26.2 Å². The molecule has 4 nitrogen and oxygen atoms in total. The van der Waals surface area contributed by atoms with E-state index in [0.29, 0.717) is 6.54 Å². The fourth-order valence-corrected chi connectivity index (χ4v) is 2.32. The van der Waals surface area contributed by atoms with Gasteiger partial charge in [0.1, 0.15) is 5.75 Å². The van der Waals surface area contributed by atoms with E-state index in [1.165, 1.54) is 11.1 Å². The predicted octanol–water partition coefficient (Wildman–Crippen LogP) is 3.61. The minimum Gasteiger partial charge on any atom is -0.496 e. The molecule has 0 fully saturated rings. The maximum atomic E-state index is 5.38. The number of methoxy groups -OCH3 is 1. The monoisotopic (exact) mass is 439 g/mol. The van der Waals surface area contributed by atoms with Crippen LogP contribution in [0.5, 0.6) is 5.75 Å². The maximum absolute atomic E-state index is 5.38. The van der Waals surface area contributed by atoms with Crippen LogP contribution in [-0.2, 0) is 13.0 Å². The second-order valence-corrected chi connectivity index (χ2v) is 5.17. The van der Waals surface area contributed by atoms with Gasteiger partial charge >= 0.3 is 0 Å². The third-order valence-corrected chi connectivity index (χ3v) is 3.49. The lowest BCUT2D eigenvalue weighted by Gasteiger charge is -2.12. The van der Waals surface area contributed by atoms with Crippen molar-refractivity contribution in [2.24, 2.45) is 4.99 Å². The number of benzene rings is 2. The third-order valence-electron chi connectivity index (χ3n) is 3.49. The first-order valence-electron chi connectivity index (χ1n) is 8.01. The minimum atomic E-state index is 0. The Morgan fingerprint density at radius 1 is 1.00 bits per heavy atom. The number of hydrogen-bond donors (Lipinski definition) is 2. The summed E-state index contributed by atoms with van der Waals surface area (Å²) in [6.45, 7) is 4.39. The Morgan fingerprint density at radius 2 is 1.71 bits per heavy atom. The number of hydrogen-bond acceptors (Lipinski definition) is 2. The van der Waals surface area contributed by atoms with Crippen molar-refractivity contribution >= 4 is 29.9 Å². The molecular weight excluding hydrogens is 413 g/mol. The summed E-state index contributed by atoms with van der Waals surface area (Å²) in [5.41, 5.74) is 2.40. The van der Waals surface area contributed by atoms with Crippen molar-refractivity contribution in [2.45, 2.75) is 19.9 Å². The summed E-state index contributed by atoms with van der Waals surface area (Å²) in [6, 6.07) is 18.4. The fraction of sp³-hybridized carbons (Fsp3) is 0.316. The first kappa shape index (κ1) is 20.3. The van der Waals surface area contributed by atoms with Crippen molar-refractivity contribution in [3.63, 3.8) is 0 Å². The van der Waals surface area contributed by atoms with Crippen molar-refractivity contribution in [1.29, 1.82) is 0 Å². The van der Waals surface area contributed by atoms with E-state index in [0.717, 1.165) is 31.2 Å². The zero-order chi connectivity index (χ0) is 16.3. The van der Waals surface area contributed by atoms with Gasteiger partial charge in [0.05, 0.1) is 13.7 Å². The topological polar surface area (TPSA) is 45.7 Å². The Hall–Kier alpha value is -1.76. The Balaban J connectivity index is 0.00000288. The molecule has 0 aliphatic carbocycles. The highest BCUT2D eigenvalue weighted by Crippen LogP contribution is 2.17. The van der Waals surface area contributed by atoms with Crippen LogP contribution >= 0.6 is 24.0 Å². The van der Waals surface area contributed by atoms with Gasteiger partial charge in [0, 0.05) is 13.1 Å². The highest BCUT2D eigenvalue weighted by molar-refractivity contribution is 14.0. The molecule has 0 saturated heterocycles. The SMILES string of the molecule is CCNC(=NCc1ccccc1)NCCc1ccccc1OC.I. The highest BCUT2D eigenvalue weighted by atomic mass is 127. The molecular formula is C19H26IN3O. The van der Waals surface area contributed by atoms with Gasteiger partial charge in [0.25, 0.3) is 0 Å². The van der Waals surface area contributed by atoms with Gasteiger partial charge in [-0.25, -0.2) is 4.99 Å². The van der Waals surface area contributed by atoms with Crippen molar-refractivity contribution in [2.75, 3.05) is 20.2 Å². The van der Waals surface area contributed by atoms with Crippen molar-refractivity contribution in [3.8, 4) is 5.75 Å².